The first-order valence-electron chi connectivity index (χ1n) is 3.99. The molecular formula is C8H11N5. The lowest BCUT2D eigenvalue weighted by atomic mass is 10.2. The largest absolute Gasteiger partial charge is 0.382 e. The fraction of sp³-hybridized carbons (Fsp3) is 0.250. The minimum atomic E-state index is 0.528. The number of H-pyrrole nitrogens is 1. The number of hydrogen-bond donors (Lipinski definition) is 2. The zero-order valence-electron chi connectivity index (χ0n) is 7.57. The summed E-state index contributed by atoms with van der Waals surface area (Å²) in [5, 5.41) is 11.0. The van der Waals surface area contributed by atoms with Gasteiger partial charge in [0.15, 0.2) is 0 Å². The van der Waals surface area contributed by atoms with Gasteiger partial charge in [0, 0.05) is 18.8 Å². The molecule has 0 aliphatic rings. The molecule has 13 heavy (non-hydrogen) atoms. The number of nitrogen functional groups attached to an aromatic ring is 1. The molecule has 68 valence electrons. The van der Waals surface area contributed by atoms with Gasteiger partial charge in [0.1, 0.15) is 11.5 Å². The lowest BCUT2D eigenvalue weighted by Gasteiger charge is -1.92. The van der Waals surface area contributed by atoms with Crippen LogP contribution in [0.1, 0.15) is 5.56 Å². The number of rotatable bonds is 1. The summed E-state index contributed by atoms with van der Waals surface area (Å²) in [5.41, 5.74) is 8.30. The van der Waals surface area contributed by atoms with Gasteiger partial charge >= 0.3 is 0 Å². The van der Waals surface area contributed by atoms with Gasteiger partial charge in [0.2, 0.25) is 0 Å². The van der Waals surface area contributed by atoms with Crippen molar-refractivity contribution >= 4 is 5.82 Å². The summed E-state index contributed by atoms with van der Waals surface area (Å²) >= 11 is 0. The third-order valence-corrected chi connectivity index (χ3v) is 2.02. The highest BCUT2D eigenvalue weighted by molar-refractivity contribution is 5.63. The number of aromatic amines is 1. The molecule has 3 N–H and O–H groups in total. The molecule has 2 aromatic rings. The molecule has 0 bridgehead atoms. The summed E-state index contributed by atoms with van der Waals surface area (Å²) in [6.07, 6.45) is 1.88. The molecule has 0 atom stereocenters. The molecule has 2 heterocycles. The van der Waals surface area contributed by atoms with Crippen LogP contribution in [0, 0.1) is 6.92 Å². The second kappa shape index (κ2) is 2.62. The van der Waals surface area contributed by atoms with E-state index in [1.807, 2.05) is 26.2 Å². The highest BCUT2D eigenvalue weighted by atomic mass is 15.3. The van der Waals surface area contributed by atoms with Crippen molar-refractivity contribution < 1.29 is 0 Å². The van der Waals surface area contributed by atoms with E-state index in [1.54, 1.807) is 4.68 Å². The molecule has 0 saturated carbocycles. The van der Waals surface area contributed by atoms with Gasteiger partial charge in [-0.3, -0.25) is 9.78 Å². The Kier molecular flexibility index (Phi) is 1.58. The zero-order valence-corrected chi connectivity index (χ0v) is 7.57. The van der Waals surface area contributed by atoms with Gasteiger partial charge in [-0.15, -0.1) is 0 Å². The van der Waals surface area contributed by atoms with Crippen molar-refractivity contribution in [3.05, 3.63) is 17.8 Å². The van der Waals surface area contributed by atoms with E-state index < -0.39 is 0 Å². The molecule has 0 saturated heterocycles. The normalized spacial score (nSPS) is 10.6. The molecule has 0 amide bonds. The van der Waals surface area contributed by atoms with Crippen LogP contribution in [0.3, 0.4) is 0 Å². The molecule has 0 radical (unpaired) electrons. The van der Waals surface area contributed by atoms with Crippen LogP contribution >= 0.6 is 0 Å². The molecule has 0 fully saturated rings. The highest BCUT2D eigenvalue weighted by Crippen LogP contribution is 2.21. The van der Waals surface area contributed by atoms with Gasteiger partial charge in [-0.2, -0.15) is 10.2 Å². The summed E-state index contributed by atoms with van der Waals surface area (Å²) in [5.74, 6) is 0.528. The first kappa shape index (κ1) is 7.85. The Balaban J connectivity index is 2.52. The van der Waals surface area contributed by atoms with Gasteiger partial charge in [0.05, 0.1) is 5.69 Å². The Labute approximate surface area is 75.6 Å². The highest BCUT2D eigenvalue weighted by Gasteiger charge is 2.09. The van der Waals surface area contributed by atoms with Crippen molar-refractivity contribution in [1.82, 2.24) is 20.0 Å². The van der Waals surface area contributed by atoms with Crippen LogP contribution in [0.15, 0.2) is 12.3 Å². The van der Waals surface area contributed by atoms with E-state index in [9.17, 15) is 0 Å². The Hall–Kier alpha value is -1.78. The number of aryl methyl sites for hydroxylation is 1. The predicted molar refractivity (Wildman–Crippen MR) is 49.9 cm³/mol. The molecular weight excluding hydrogens is 166 g/mol. The van der Waals surface area contributed by atoms with Crippen LogP contribution in [0.25, 0.3) is 11.4 Å². The number of nitrogens with one attached hydrogen (secondary N) is 1. The first-order valence-corrected chi connectivity index (χ1v) is 3.99. The van der Waals surface area contributed by atoms with E-state index >= 15 is 0 Å². The van der Waals surface area contributed by atoms with Gasteiger partial charge < -0.3 is 5.73 Å². The fourth-order valence-corrected chi connectivity index (χ4v) is 1.21. The van der Waals surface area contributed by atoms with Crippen molar-refractivity contribution in [1.29, 1.82) is 0 Å². The SMILES string of the molecule is Cc1c(N)n[nH]c1-c1ccn(C)n1. The second-order valence-electron chi connectivity index (χ2n) is 2.98. The maximum atomic E-state index is 5.61. The molecule has 0 spiro atoms. The number of nitrogens with zero attached hydrogens (tertiary/aromatic N) is 3. The van der Waals surface area contributed by atoms with Gasteiger partial charge in [-0.25, -0.2) is 0 Å². The molecule has 5 heteroatoms. The number of aromatic nitrogens is 4. The van der Waals surface area contributed by atoms with Crippen molar-refractivity contribution in [3.8, 4) is 11.4 Å². The van der Waals surface area contributed by atoms with Crippen LogP contribution < -0.4 is 5.73 Å². The quantitative estimate of drug-likeness (QED) is 0.673. The minimum Gasteiger partial charge on any atom is -0.382 e. The van der Waals surface area contributed by atoms with Gasteiger partial charge in [0.25, 0.3) is 0 Å². The first-order chi connectivity index (χ1) is 6.18. The molecule has 0 aliphatic heterocycles. The molecule has 5 nitrogen and oxygen atoms in total. The average Bonchev–Trinajstić information content (AvgIpc) is 2.62. The van der Waals surface area contributed by atoms with E-state index in [-0.39, 0.29) is 0 Å². The van der Waals surface area contributed by atoms with E-state index in [1.165, 1.54) is 0 Å². The second-order valence-corrected chi connectivity index (χ2v) is 2.98. The minimum absolute atomic E-state index is 0.528. The van der Waals surface area contributed by atoms with Crippen LogP contribution in [0.5, 0.6) is 0 Å². The third-order valence-electron chi connectivity index (χ3n) is 2.02. The molecule has 0 aliphatic carbocycles. The van der Waals surface area contributed by atoms with Gasteiger partial charge in [-0.05, 0) is 13.0 Å². The molecule has 0 unspecified atom stereocenters. The maximum Gasteiger partial charge on any atom is 0.148 e. The third kappa shape index (κ3) is 1.18. The van der Waals surface area contributed by atoms with Crippen LogP contribution in [-0.2, 0) is 7.05 Å². The van der Waals surface area contributed by atoms with Crippen LogP contribution in [0.4, 0.5) is 5.82 Å². The lowest BCUT2D eigenvalue weighted by molar-refractivity contribution is 0.769. The van der Waals surface area contributed by atoms with Gasteiger partial charge in [-0.1, -0.05) is 0 Å². The molecule has 2 aromatic heterocycles. The maximum absolute atomic E-state index is 5.61. The number of nitrogens with two attached hydrogens (primary N) is 1. The number of anilines is 1. The fourth-order valence-electron chi connectivity index (χ4n) is 1.21. The van der Waals surface area contributed by atoms with Crippen molar-refractivity contribution in [3.63, 3.8) is 0 Å². The van der Waals surface area contributed by atoms with E-state index in [0.29, 0.717) is 5.82 Å². The van der Waals surface area contributed by atoms with E-state index in [0.717, 1.165) is 17.0 Å². The van der Waals surface area contributed by atoms with Crippen molar-refractivity contribution in [2.24, 2.45) is 7.05 Å². The summed E-state index contributed by atoms with van der Waals surface area (Å²) in [6.45, 7) is 1.92. The zero-order chi connectivity index (χ0) is 9.42. The smallest absolute Gasteiger partial charge is 0.148 e. The van der Waals surface area contributed by atoms with E-state index in [2.05, 4.69) is 15.3 Å². The Morgan fingerprint density at radius 3 is 2.77 bits per heavy atom. The van der Waals surface area contributed by atoms with Crippen LogP contribution in [-0.4, -0.2) is 20.0 Å². The monoisotopic (exact) mass is 177 g/mol. The summed E-state index contributed by atoms with van der Waals surface area (Å²) in [4.78, 5) is 0. The average molecular weight is 177 g/mol. The Morgan fingerprint density at radius 2 is 2.31 bits per heavy atom. The summed E-state index contributed by atoms with van der Waals surface area (Å²) < 4.78 is 1.74. The summed E-state index contributed by atoms with van der Waals surface area (Å²) in [6, 6.07) is 1.92. The van der Waals surface area contributed by atoms with Crippen molar-refractivity contribution in [2.45, 2.75) is 6.92 Å². The molecule has 2 rings (SSSR count). The lowest BCUT2D eigenvalue weighted by Crippen LogP contribution is -1.89. The molecule has 0 aromatic carbocycles. The standard InChI is InChI=1S/C8H11N5/c1-5-7(10-11-8(5)9)6-3-4-13(2)12-6/h3-4H,1-2H3,(H3,9,10,11). The number of hydrogen-bond acceptors (Lipinski definition) is 3. The Bertz CT molecular complexity index is 425. The van der Waals surface area contributed by atoms with Crippen LogP contribution in [0.2, 0.25) is 0 Å². The topological polar surface area (TPSA) is 72.5 Å². The van der Waals surface area contributed by atoms with E-state index in [4.69, 9.17) is 5.73 Å². The van der Waals surface area contributed by atoms with Crippen molar-refractivity contribution in [2.75, 3.05) is 5.73 Å². The summed E-state index contributed by atoms with van der Waals surface area (Å²) in [7, 11) is 1.87. The predicted octanol–water partition coefficient (Wildman–Crippen LogP) is 0.701. The Morgan fingerprint density at radius 1 is 1.54 bits per heavy atom.